The normalized spacial score (nSPS) is 11.8. The molecule has 2 aromatic rings. The van der Waals surface area contributed by atoms with E-state index in [-0.39, 0.29) is 5.69 Å². The number of hydrogen-bond acceptors (Lipinski definition) is 4. The highest BCUT2D eigenvalue weighted by atomic mass is 35.5. The zero-order valence-corrected chi connectivity index (χ0v) is 12.5. The monoisotopic (exact) mass is 316 g/mol. The van der Waals surface area contributed by atoms with Crippen LogP contribution < -0.4 is 0 Å². The van der Waals surface area contributed by atoms with Crippen molar-refractivity contribution in [1.82, 2.24) is 19.7 Å². The standard InChI is InChI=1S/C15H13ClN4O2/c1-3-11(16)5-4-6-12-7-13(15(21)22)19-14(18-12)10-8-17-20(2)9-10/h3-9H,1H2,2H3,(H,21,22)/b6-4+,11-5+. The molecule has 0 aliphatic heterocycles. The van der Waals surface area contributed by atoms with Crippen LogP contribution in [0.25, 0.3) is 17.5 Å². The molecule has 0 atom stereocenters. The van der Waals surface area contributed by atoms with Gasteiger partial charge in [0.2, 0.25) is 0 Å². The van der Waals surface area contributed by atoms with Gasteiger partial charge in [-0.2, -0.15) is 5.10 Å². The highest BCUT2D eigenvalue weighted by Crippen LogP contribution is 2.16. The summed E-state index contributed by atoms with van der Waals surface area (Å²) in [6.07, 6.45) is 9.70. The third-order valence-electron chi connectivity index (χ3n) is 2.65. The summed E-state index contributed by atoms with van der Waals surface area (Å²) in [5.41, 5.74) is 1.00. The summed E-state index contributed by atoms with van der Waals surface area (Å²) in [5.74, 6) is -0.826. The maximum atomic E-state index is 11.2. The van der Waals surface area contributed by atoms with Crippen LogP contribution in [0.5, 0.6) is 0 Å². The Bertz CT molecular complexity index is 778. The summed E-state index contributed by atoms with van der Waals surface area (Å²) in [7, 11) is 1.76. The number of hydrogen-bond donors (Lipinski definition) is 1. The fraction of sp³-hybridized carbons (Fsp3) is 0.0667. The van der Waals surface area contributed by atoms with E-state index in [0.29, 0.717) is 22.1 Å². The molecule has 0 radical (unpaired) electrons. The number of halogens is 1. The van der Waals surface area contributed by atoms with E-state index in [4.69, 9.17) is 16.7 Å². The van der Waals surface area contributed by atoms with Crippen molar-refractivity contribution in [2.24, 2.45) is 7.05 Å². The summed E-state index contributed by atoms with van der Waals surface area (Å²) in [5, 5.41) is 13.7. The number of carboxylic acid groups (broad SMARTS) is 1. The van der Waals surface area contributed by atoms with Gasteiger partial charge in [0.1, 0.15) is 0 Å². The van der Waals surface area contributed by atoms with Crippen molar-refractivity contribution in [2.75, 3.05) is 0 Å². The topological polar surface area (TPSA) is 80.9 Å². The van der Waals surface area contributed by atoms with Gasteiger partial charge in [-0.25, -0.2) is 14.8 Å². The van der Waals surface area contributed by atoms with E-state index in [9.17, 15) is 4.79 Å². The predicted octanol–water partition coefficient (Wildman–Crippen LogP) is 2.90. The first-order valence-corrected chi connectivity index (χ1v) is 6.65. The fourth-order valence-electron chi connectivity index (χ4n) is 1.63. The zero-order valence-electron chi connectivity index (χ0n) is 11.8. The Balaban J connectivity index is 2.44. The number of nitrogens with zero attached hydrogens (tertiary/aromatic N) is 4. The van der Waals surface area contributed by atoms with Crippen LogP contribution in [0.15, 0.2) is 48.3 Å². The van der Waals surface area contributed by atoms with E-state index in [0.717, 1.165) is 0 Å². The molecule has 112 valence electrons. The Labute approximate surface area is 132 Å². The molecule has 0 amide bonds. The highest BCUT2D eigenvalue weighted by Gasteiger charge is 2.11. The van der Waals surface area contributed by atoms with Gasteiger partial charge in [0.05, 0.1) is 17.5 Å². The van der Waals surface area contributed by atoms with Gasteiger partial charge in [-0.05, 0) is 18.2 Å². The molecule has 2 heterocycles. The zero-order chi connectivity index (χ0) is 16.1. The number of carboxylic acids is 1. The van der Waals surface area contributed by atoms with E-state index >= 15 is 0 Å². The molecule has 0 unspecified atom stereocenters. The summed E-state index contributed by atoms with van der Waals surface area (Å²) >= 11 is 5.80. The SMILES string of the molecule is C=C/C(Cl)=C\C=C\c1cc(C(=O)O)nc(-c2cnn(C)c2)n1. The summed E-state index contributed by atoms with van der Waals surface area (Å²) in [6.45, 7) is 3.53. The number of aromatic carboxylic acids is 1. The average Bonchev–Trinajstić information content (AvgIpc) is 2.93. The molecule has 22 heavy (non-hydrogen) atoms. The van der Waals surface area contributed by atoms with Gasteiger partial charge < -0.3 is 5.11 Å². The lowest BCUT2D eigenvalue weighted by atomic mass is 10.2. The first-order valence-electron chi connectivity index (χ1n) is 6.27. The maximum Gasteiger partial charge on any atom is 0.354 e. The van der Waals surface area contributed by atoms with Crippen LogP contribution in [0.3, 0.4) is 0 Å². The van der Waals surface area contributed by atoms with Crippen molar-refractivity contribution in [3.05, 3.63) is 59.7 Å². The Kier molecular flexibility index (Phi) is 4.85. The highest BCUT2D eigenvalue weighted by molar-refractivity contribution is 6.31. The summed E-state index contributed by atoms with van der Waals surface area (Å²) < 4.78 is 1.59. The molecular weight excluding hydrogens is 304 g/mol. The van der Waals surface area contributed by atoms with E-state index in [1.165, 1.54) is 12.1 Å². The molecule has 0 saturated heterocycles. The minimum absolute atomic E-state index is 0.0905. The third kappa shape index (κ3) is 3.89. The first-order chi connectivity index (χ1) is 10.5. The van der Waals surface area contributed by atoms with Gasteiger partial charge in [-0.15, -0.1) is 0 Å². The van der Waals surface area contributed by atoms with Crippen molar-refractivity contribution in [2.45, 2.75) is 0 Å². The van der Waals surface area contributed by atoms with Crippen LogP contribution in [0, 0.1) is 0 Å². The van der Waals surface area contributed by atoms with E-state index < -0.39 is 5.97 Å². The molecule has 2 aromatic heterocycles. The Morgan fingerprint density at radius 3 is 2.82 bits per heavy atom. The molecule has 0 fully saturated rings. The molecule has 6 nitrogen and oxygen atoms in total. The molecule has 0 aromatic carbocycles. The van der Waals surface area contributed by atoms with Gasteiger partial charge in [-0.1, -0.05) is 30.3 Å². The fourth-order valence-corrected chi connectivity index (χ4v) is 1.71. The number of aromatic nitrogens is 4. The smallest absolute Gasteiger partial charge is 0.354 e. The maximum absolute atomic E-state index is 11.2. The van der Waals surface area contributed by atoms with E-state index in [1.54, 1.807) is 42.4 Å². The van der Waals surface area contributed by atoms with Gasteiger partial charge in [0.25, 0.3) is 0 Å². The van der Waals surface area contributed by atoms with Crippen LogP contribution in [0.2, 0.25) is 0 Å². The second-order valence-corrected chi connectivity index (χ2v) is 4.76. The van der Waals surface area contributed by atoms with Crippen molar-refractivity contribution in [3.8, 4) is 11.4 Å². The number of carbonyl (C=O) groups is 1. The molecule has 0 bridgehead atoms. The van der Waals surface area contributed by atoms with Crippen LogP contribution in [-0.2, 0) is 7.05 Å². The molecule has 2 rings (SSSR count). The molecular formula is C15H13ClN4O2. The van der Waals surface area contributed by atoms with Gasteiger partial charge in [0, 0.05) is 18.3 Å². The van der Waals surface area contributed by atoms with Crippen molar-refractivity contribution in [3.63, 3.8) is 0 Å². The van der Waals surface area contributed by atoms with E-state index in [1.807, 2.05) is 0 Å². The van der Waals surface area contributed by atoms with Gasteiger partial charge in [0.15, 0.2) is 11.5 Å². The van der Waals surface area contributed by atoms with Crippen LogP contribution in [-0.4, -0.2) is 30.8 Å². The molecule has 1 N–H and O–H groups in total. The Morgan fingerprint density at radius 2 is 2.23 bits per heavy atom. The lowest BCUT2D eigenvalue weighted by Gasteiger charge is -2.01. The largest absolute Gasteiger partial charge is 0.477 e. The molecule has 0 aliphatic rings. The van der Waals surface area contributed by atoms with Crippen molar-refractivity contribution in [1.29, 1.82) is 0 Å². The average molecular weight is 317 g/mol. The minimum atomic E-state index is -1.12. The second kappa shape index (κ2) is 6.82. The summed E-state index contributed by atoms with van der Waals surface area (Å²) in [4.78, 5) is 19.5. The quantitative estimate of drug-likeness (QED) is 0.858. The Morgan fingerprint density at radius 1 is 1.45 bits per heavy atom. The van der Waals surface area contributed by atoms with Gasteiger partial charge >= 0.3 is 5.97 Å². The first kappa shape index (κ1) is 15.7. The van der Waals surface area contributed by atoms with Crippen molar-refractivity contribution < 1.29 is 9.90 Å². The molecule has 0 spiro atoms. The third-order valence-corrected chi connectivity index (χ3v) is 2.93. The van der Waals surface area contributed by atoms with Crippen molar-refractivity contribution >= 4 is 23.6 Å². The summed E-state index contributed by atoms with van der Waals surface area (Å²) in [6, 6.07) is 1.38. The van der Waals surface area contributed by atoms with Crippen LogP contribution in [0.1, 0.15) is 16.2 Å². The van der Waals surface area contributed by atoms with Crippen LogP contribution >= 0.6 is 11.6 Å². The van der Waals surface area contributed by atoms with Crippen LogP contribution in [0.4, 0.5) is 0 Å². The Hall–Kier alpha value is -2.73. The lowest BCUT2D eigenvalue weighted by Crippen LogP contribution is -2.04. The predicted molar refractivity (Wildman–Crippen MR) is 84.4 cm³/mol. The number of rotatable bonds is 5. The number of allylic oxidation sites excluding steroid dienone is 4. The van der Waals surface area contributed by atoms with E-state index in [2.05, 4.69) is 21.6 Å². The molecule has 0 aliphatic carbocycles. The van der Waals surface area contributed by atoms with Gasteiger partial charge in [-0.3, -0.25) is 4.68 Å². The second-order valence-electron chi connectivity index (χ2n) is 4.32. The molecule has 7 heteroatoms. The minimum Gasteiger partial charge on any atom is -0.477 e. The number of aryl methyl sites for hydroxylation is 1. The molecule has 0 saturated carbocycles. The lowest BCUT2D eigenvalue weighted by molar-refractivity contribution is 0.0690.